The minimum absolute atomic E-state index is 0. The van der Waals surface area contributed by atoms with Gasteiger partial charge in [0.2, 0.25) is 0 Å². The van der Waals surface area contributed by atoms with E-state index in [4.69, 9.17) is 0 Å². The molecule has 1 radical (unpaired) electrons. The summed E-state index contributed by atoms with van der Waals surface area (Å²) in [7, 11) is 2.21. The fourth-order valence-electron chi connectivity index (χ4n) is 3.48. The van der Waals surface area contributed by atoms with Crippen molar-refractivity contribution in [1.29, 1.82) is 0 Å². The van der Waals surface area contributed by atoms with Gasteiger partial charge in [0.15, 0.2) is 0 Å². The van der Waals surface area contributed by atoms with Crippen molar-refractivity contribution in [3.8, 4) is 0 Å². The van der Waals surface area contributed by atoms with E-state index in [2.05, 4.69) is 47.6 Å². The fourth-order valence-corrected chi connectivity index (χ4v) is 3.48. The van der Waals surface area contributed by atoms with Crippen molar-refractivity contribution >= 4 is 0 Å². The summed E-state index contributed by atoms with van der Waals surface area (Å²) in [6, 6.07) is 0.726. The molecule has 0 amide bonds. The van der Waals surface area contributed by atoms with Gasteiger partial charge in [0.05, 0.1) is 0 Å². The van der Waals surface area contributed by atoms with Crippen molar-refractivity contribution in [3.63, 3.8) is 0 Å². The second kappa shape index (κ2) is 13.2. The smallest absolute Gasteiger partial charge is 0.0261 e. The van der Waals surface area contributed by atoms with E-state index in [9.17, 15) is 0 Å². The molecule has 0 aromatic rings. The van der Waals surface area contributed by atoms with Crippen molar-refractivity contribution in [2.24, 2.45) is 5.92 Å². The number of hydrogen-bond donors (Lipinski definition) is 0. The Morgan fingerprint density at radius 2 is 1.48 bits per heavy atom. The molecule has 2 aliphatic rings. The van der Waals surface area contributed by atoms with E-state index >= 15 is 0 Å². The number of hydrazine groups is 1. The van der Waals surface area contributed by atoms with E-state index in [0.29, 0.717) is 0 Å². The predicted molar refractivity (Wildman–Crippen MR) is 97.1 cm³/mol. The molecule has 2 heterocycles. The van der Waals surface area contributed by atoms with Crippen LogP contribution in [-0.4, -0.2) is 85.3 Å². The van der Waals surface area contributed by atoms with Gasteiger partial charge in [0.1, 0.15) is 0 Å². The van der Waals surface area contributed by atoms with Crippen LogP contribution in [-0.2, 0) is 32.7 Å². The van der Waals surface area contributed by atoms with Gasteiger partial charge in [-0.2, -0.15) is 0 Å². The van der Waals surface area contributed by atoms with Gasteiger partial charge >= 0.3 is 0 Å². The van der Waals surface area contributed by atoms with Gasteiger partial charge in [-0.3, -0.25) is 0 Å². The normalized spacial score (nSPS) is 21.9. The van der Waals surface area contributed by atoms with Crippen molar-refractivity contribution in [3.05, 3.63) is 0 Å². The maximum absolute atomic E-state index is 2.69. The van der Waals surface area contributed by atoms with Crippen LogP contribution in [0.3, 0.4) is 0 Å². The van der Waals surface area contributed by atoms with E-state index < -0.39 is 0 Å². The van der Waals surface area contributed by atoms with Crippen LogP contribution in [0.5, 0.6) is 0 Å². The van der Waals surface area contributed by atoms with Crippen LogP contribution in [0, 0.1) is 5.92 Å². The third-order valence-electron chi connectivity index (χ3n) is 5.18. The van der Waals surface area contributed by atoms with Crippen LogP contribution < -0.4 is 0 Å². The molecule has 0 aliphatic carbocycles. The van der Waals surface area contributed by atoms with Crippen LogP contribution in [0.15, 0.2) is 0 Å². The molecule has 2 saturated heterocycles. The molecule has 0 N–H and O–H groups in total. The third kappa shape index (κ3) is 8.24. The summed E-state index contributed by atoms with van der Waals surface area (Å²) >= 11 is 0. The van der Waals surface area contributed by atoms with Crippen LogP contribution in [0.4, 0.5) is 0 Å². The van der Waals surface area contributed by atoms with Crippen molar-refractivity contribution in [2.45, 2.75) is 53.5 Å². The summed E-state index contributed by atoms with van der Waals surface area (Å²) < 4.78 is 0. The molecular formula is C18H40N4Y. The number of piperidine rings is 1. The zero-order valence-corrected chi connectivity index (χ0v) is 19.4. The first-order valence-corrected chi connectivity index (χ1v) is 9.52. The molecule has 0 saturated carbocycles. The molecule has 0 spiro atoms. The molecule has 0 bridgehead atoms. The summed E-state index contributed by atoms with van der Waals surface area (Å²) in [4.78, 5) is 5.32. The Morgan fingerprint density at radius 1 is 0.957 bits per heavy atom. The molecule has 0 aromatic heterocycles. The Hall–Kier alpha value is 0.944. The molecule has 0 aromatic carbocycles. The van der Waals surface area contributed by atoms with Gasteiger partial charge in [0, 0.05) is 85.1 Å². The largest absolute Gasteiger partial charge is 0.301 e. The maximum atomic E-state index is 2.69. The first-order valence-electron chi connectivity index (χ1n) is 9.52. The summed E-state index contributed by atoms with van der Waals surface area (Å²) in [6.45, 7) is 20.8. The third-order valence-corrected chi connectivity index (χ3v) is 5.18. The Balaban J connectivity index is 0.00000155. The molecular weight excluding hydrogens is 361 g/mol. The van der Waals surface area contributed by atoms with E-state index in [1.54, 1.807) is 0 Å². The average molecular weight is 401 g/mol. The van der Waals surface area contributed by atoms with E-state index in [-0.39, 0.29) is 32.7 Å². The van der Waals surface area contributed by atoms with Gasteiger partial charge in [-0.25, -0.2) is 10.0 Å². The maximum Gasteiger partial charge on any atom is 0.0261 e. The zero-order valence-electron chi connectivity index (χ0n) is 16.6. The molecule has 5 heteroatoms. The van der Waals surface area contributed by atoms with E-state index in [1.165, 1.54) is 58.7 Å². The monoisotopic (exact) mass is 401 g/mol. The van der Waals surface area contributed by atoms with E-state index in [0.717, 1.165) is 18.5 Å². The molecule has 0 unspecified atom stereocenters. The molecule has 2 rings (SSSR count). The second-order valence-corrected chi connectivity index (χ2v) is 6.80. The van der Waals surface area contributed by atoms with Gasteiger partial charge in [-0.1, -0.05) is 20.8 Å². The Morgan fingerprint density at radius 3 is 1.91 bits per heavy atom. The molecule has 2 aliphatic heterocycles. The number of rotatable bonds is 5. The standard InChI is InChI=1S/C16H34N4.C2H6.Y/c1-5-17(4)20-12-10-18(11-13-20)14-16-6-8-19(9-7-16)15(2)3;1-2;/h15-16H,5-14H2,1-4H3;1-2H3;. The van der Waals surface area contributed by atoms with Gasteiger partial charge in [-0.05, 0) is 45.7 Å². The van der Waals surface area contributed by atoms with Crippen molar-refractivity contribution in [2.75, 3.05) is 59.4 Å². The molecule has 4 nitrogen and oxygen atoms in total. The van der Waals surface area contributed by atoms with E-state index in [1.807, 2.05) is 13.8 Å². The quantitative estimate of drug-likeness (QED) is 0.702. The zero-order chi connectivity index (χ0) is 16.5. The topological polar surface area (TPSA) is 13.0 Å². The van der Waals surface area contributed by atoms with Gasteiger partial charge < -0.3 is 9.80 Å². The summed E-state index contributed by atoms with van der Waals surface area (Å²) in [5, 5.41) is 4.86. The Labute approximate surface area is 170 Å². The van der Waals surface area contributed by atoms with Crippen molar-refractivity contribution < 1.29 is 32.7 Å². The number of nitrogens with zero attached hydrogens (tertiary/aromatic N) is 4. The molecule has 2 fully saturated rings. The molecule has 0 atom stereocenters. The Bertz CT molecular complexity index is 272. The fraction of sp³-hybridized carbons (Fsp3) is 1.00. The summed E-state index contributed by atoms with van der Waals surface area (Å²) in [5.41, 5.74) is 0. The SMILES string of the molecule is CC.CCN(C)N1CCN(CC2CCN(C(C)C)CC2)CC1.[Y]. The molecule has 23 heavy (non-hydrogen) atoms. The van der Waals surface area contributed by atoms with Crippen LogP contribution in [0.25, 0.3) is 0 Å². The first kappa shape index (κ1) is 23.9. The number of hydrogen-bond acceptors (Lipinski definition) is 4. The van der Waals surface area contributed by atoms with Gasteiger partial charge in [-0.15, -0.1) is 0 Å². The van der Waals surface area contributed by atoms with Gasteiger partial charge in [0.25, 0.3) is 0 Å². The summed E-state index contributed by atoms with van der Waals surface area (Å²) in [6.07, 6.45) is 2.79. The second-order valence-electron chi connectivity index (χ2n) is 6.80. The Kier molecular flexibility index (Phi) is 13.7. The number of likely N-dealkylation sites (tertiary alicyclic amines) is 1. The predicted octanol–water partition coefficient (Wildman–Crippen LogP) is 2.61. The van der Waals surface area contributed by atoms with Crippen molar-refractivity contribution in [1.82, 2.24) is 19.8 Å². The first-order chi connectivity index (χ1) is 10.6. The van der Waals surface area contributed by atoms with Crippen LogP contribution in [0.1, 0.15) is 47.5 Å². The number of piperazine rings is 1. The summed E-state index contributed by atoms with van der Waals surface area (Å²) in [5.74, 6) is 0.931. The molecule has 135 valence electrons. The minimum Gasteiger partial charge on any atom is -0.301 e. The van der Waals surface area contributed by atoms with Crippen LogP contribution >= 0.6 is 0 Å². The van der Waals surface area contributed by atoms with Crippen LogP contribution in [0.2, 0.25) is 0 Å². The average Bonchev–Trinajstić information content (AvgIpc) is 2.57. The minimum atomic E-state index is 0.